The summed E-state index contributed by atoms with van der Waals surface area (Å²) in [5, 5.41) is 15.0. The third-order valence-electron chi connectivity index (χ3n) is 1.73. The minimum atomic E-state index is -0.135. The second-order valence-corrected chi connectivity index (χ2v) is 3.17. The quantitative estimate of drug-likeness (QED) is 0.667. The minimum Gasteiger partial charge on any atom is -0.388 e. The van der Waals surface area contributed by atoms with Crippen molar-refractivity contribution >= 4 is 23.1 Å². The number of hydrogen-bond acceptors (Lipinski definition) is 5. The van der Waals surface area contributed by atoms with Gasteiger partial charge in [0, 0.05) is 5.02 Å². The highest BCUT2D eigenvalue weighted by atomic mass is 35.5. The maximum Gasteiger partial charge on any atom is 0.165 e. The molecule has 0 atom stereocenters. The molecule has 6 heteroatoms. The van der Waals surface area contributed by atoms with Gasteiger partial charge >= 0.3 is 0 Å². The summed E-state index contributed by atoms with van der Waals surface area (Å²) in [7, 11) is 0. The highest BCUT2D eigenvalue weighted by Crippen LogP contribution is 2.18. The molecular formula is C8H9ClN4O. The Labute approximate surface area is 85.9 Å². The molecule has 1 heterocycles. The SMILES string of the molecule is OCC1=NN(c2cccc(Cl)c2)NN1. The number of amidine groups is 1. The van der Waals surface area contributed by atoms with Crippen molar-refractivity contribution in [2.45, 2.75) is 0 Å². The highest BCUT2D eigenvalue weighted by Gasteiger charge is 2.13. The van der Waals surface area contributed by atoms with E-state index in [0.29, 0.717) is 10.9 Å². The van der Waals surface area contributed by atoms with Crippen LogP contribution in [0, 0.1) is 0 Å². The summed E-state index contributed by atoms with van der Waals surface area (Å²) in [6.45, 7) is -0.135. The van der Waals surface area contributed by atoms with Crippen molar-refractivity contribution in [2.75, 3.05) is 11.7 Å². The van der Waals surface area contributed by atoms with Gasteiger partial charge in [0.15, 0.2) is 5.84 Å². The molecule has 0 bridgehead atoms. The molecule has 0 fully saturated rings. The van der Waals surface area contributed by atoms with E-state index in [0.717, 1.165) is 5.69 Å². The van der Waals surface area contributed by atoms with Crippen LogP contribution < -0.4 is 16.1 Å². The van der Waals surface area contributed by atoms with Gasteiger partial charge in [-0.05, 0) is 18.2 Å². The zero-order valence-corrected chi connectivity index (χ0v) is 7.99. The summed E-state index contributed by atoms with van der Waals surface area (Å²) in [4.78, 5) is 0. The Bertz CT molecular complexity index is 368. The third kappa shape index (κ3) is 1.79. The standard InChI is InChI=1S/C8H9ClN4O/c9-6-2-1-3-7(4-6)13-11-8(5-14)10-12-13/h1-4,12,14H,5H2,(H,10,11). The smallest absolute Gasteiger partial charge is 0.165 e. The Morgan fingerprint density at radius 1 is 1.50 bits per heavy atom. The lowest BCUT2D eigenvalue weighted by Crippen LogP contribution is -2.39. The molecule has 1 aromatic rings. The number of nitrogens with zero attached hydrogens (tertiary/aromatic N) is 2. The van der Waals surface area contributed by atoms with Crippen molar-refractivity contribution in [2.24, 2.45) is 5.10 Å². The number of halogens is 1. The Hall–Kier alpha value is -1.30. The van der Waals surface area contributed by atoms with E-state index >= 15 is 0 Å². The van der Waals surface area contributed by atoms with Crippen LogP contribution in [0.15, 0.2) is 29.4 Å². The van der Waals surface area contributed by atoms with E-state index in [1.807, 2.05) is 12.1 Å². The van der Waals surface area contributed by atoms with Crippen molar-refractivity contribution in [1.82, 2.24) is 11.0 Å². The summed E-state index contributed by atoms with van der Waals surface area (Å²) >= 11 is 5.82. The summed E-state index contributed by atoms with van der Waals surface area (Å²) in [5.74, 6) is 0.463. The molecule has 2 rings (SSSR count). The molecule has 0 saturated heterocycles. The maximum atomic E-state index is 8.80. The Morgan fingerprint density at radius 3 is 3.00 bits per heavy atom. The maximum absolute atomic E-state index is 8.80. The van der Waals surface area contributed by atoms with Gasteiger partial charge in [-0.25, -0.2) is 0 Å². The van der Waals surface area contributed by atoms with E-state index in [2.05, 4.69) is 16.1 Å². The number of hydrazone groups is 1. The number of aliphatic hydroxyl groups excluding tert-OH is 1. The molecule has 0 radical (unpaired) electrons. The molecule has 74 valence electrons. The number of hydrogen-bond donors (Lipinski definition) is 3. The molecule has 0 unspecified atom stereocenters. The first kappa shape index (κ1) is 9.26. The first-order valence-electron chi connectivity index (χ1n) is 4.05. The Kier molecular flexibility index (Phi) is 2.53. The predicted octanol–water partition coefficient (Wildman–Crippen LogP) is 0.475. The molecule has 0 aromatic heterocycles. The number of hydrazine groups is 2. The fraction of sp³-hybridized carbons (Fsp3) is 0.125. The number of rotatable bonds is 2. The third-order valence-corrected chi connectivity index (χ3v) is 1.96. The summed E-state index contributed by atoms with van der Waals surface area (Å²) in [6.07, 6.45) is 0. The molecule has 0 spiro atoms. The van der Waals surface area contributed by atoms with E-state index < -0.39 is 0 Å². The van der Waals surface area contributed by atoms with Gasteiger partial charge in [0.05, 0.1) is 5.69 Å². The normalized spacial score (nSPS) is 15.3. The molecule has 1 aliphatic rings. The van der Waals surface area contributed by atoms with E-state index in [1.165, 1.54) is 5.12 Å². The average molecular weight is 213 g/mol. The monoisotopic (exact) mass is 212 g/mol. The van der Waals surface area contributed by atoms with Crippen molar-refractivity contribution in [3.8, 4) is 0 Å². The number of aliphatic hydroxyl groups is 1. The summed E-state index contributed by atoms with van der Waals surface area (Å²) in [6, 6.07) is 7.22. The summed E-state index contributed by atoms with van der Waals surface area (Å²) < 4.78 is 0. The molecule has 0 aliphatic carbocycles. The van der Waals surface area contributed by atoms with E-state index in [9.17, 15) is 0 Å². The van der Waals surface area contributed by atoms with Gasteiger partial charge < -0.3 is 5.11 Å². The van der Waals surface area contributed by atoms with Gasteiger partial charge in [0.2, 0.25) is 0 Å². The minimum absolute atomic E-state index is 0.135. The Balaban J connectivity index is 2.21. The molecule has 0 amide bonds. The average Bonchev–Trinajstić information content (AvgIpc) is 2.66. The molecule has 1 aliphatic heterocycles. The van der Waals surface area contributed by atoms with Crippen LogP contribution in [-0.4, -0.2) is 17.5 Å². The molecule has 5 nitrogen and oxygen atoms in total. The lowest BCUT2D eigenvalue weighted by Gasteiger charge is -2.12. The van der Waals surface area contributed by atoms with Gasteiger partial charge in [0.25, 0.3) is 0 Å². The fourth-order valence-corrected chi connectivity index (χ4v) is 1.27. The summed E-state index contributed by atoms with van der Waals surface area (Å²) in [5.41, 5.74) is 6.27. The first-order valence-corrected chi connectivity index (χ1v) is 4.43. The zero-order valence-electron chi connectivity index (χ0n) is 7.24. The lowest BCUT2D eigenvalue weighted by molar-refractivity contribution is 0.353. The van der Waals surface area contributed by atoms with Gasteiger partial charge in [0.1, 0.15) is 6.61 Å². The van der Waals surface area contributed by atoms with Gasteiger partial charge in [-0.2, -0.15) is 5.12 Å². The largest absolute Gasteiger partial charge is 0.388 e. The van der Waals surface area contributed by atoms with Crippen molar-refractivity contribution in [3.05, 3.63) is 29.3 Å². The van der Waals surface area contributed by atoms with Crippen molar-refractivity contribution in [3.63, 3.8) is 0 Å². The molecule has 3 N–H and O–H groups in total. The van der Waals surface area contributed by atoms with Crippen molar-refractivity contribution < 1.29 is 5.11 Å². The van der Waals surface area contributed by atoms with Gasteiger partial charge in [-0.3, -0.25) is 5.43 Å². The first-order chi connectivity index (χ1) is 6.79. The highest BCUT2D eigenvalue weighted by molar-refractivity contribution is 6.30. The number of benzene rings is 1. The van der Waals surface area contributed by atoms with Crippen LogP contribution in [0.1, 0.15) is 0 Å². The van der Waals surface area contributed by atoms with Crippen LogP contribution in [0.5, 0.6) is 0 Å². The topological polar surface area (TPSA) is 59.9 Å². The van der Waals surface area contributed by atoms with E-state index in [4.69, 9.17) is 16.7 Å². The molecule has 0 saturated carbocycles. The van der Waals surface area contributed by atoms with Crippen LogP contribution in [0.25, 0.3) is 0 Å². The zero-order chi connectivity index (χ0) is 9.97. The second-order valence-electron chi connectivity index (χ2n) is 2.73. The lowest BCUT2D eigenvalue weighted by atomic mass is 10.3. The van der Waals surface area contributed by atoms with Crippen molar-refractivity contribution in [1.29, 1.82) is 0 Å². The van der Waals surface area contributed by atoms with E-state index in [1.54, 1.807) is 12.1 Å². The number of anilines is 1. The predicted molar refractivity (Wildman–Crippen MR) is 54.7 cm³/mol. The number of nitrogens with one attached hydrogen (secondary N) is 2. The van der Waals surface area contributed by atoms with Crippen LogP contribution in [0.2, 0.25) is 5.02 Å². The van der Waals surface area contributed by atoms with E-state index in [-0.39, 0.29) is 6.61 Å². The second kappa shape index (κ2) is 3.83. The van der Waals surface area contributed by atoms with Crippen LogP contribution in [0.3, 0.4) is 0 Å². The van der Waals surface area contributed by atoms with Crippen LogP contribution in [0.4, 0.5) is 5.69 Å². The molecule has 1 aromatic carbocycles. The fourth-order valence-electron chi connectivity index (χ4n) is 1.09. The van der Waals surface area contributed by atoms with Gasteiger partial charge in [-0.1, -0.05) is 17.7 Å². The molecule has 14 heavy (non-hydrogen) atoms. The van der Waals surface area contributed by atoms with Crippen LogP contribution >= 0.6 is 11.6 Å². The van der Waals surface area contributed by atoms with Crippen LogP contribution in [-0.2, 0) is 0 Å². The Morgan fingerprint density at radius 2 is 2.36 bits per heavy atom. The molecular weight excluding hydrogens is 204 g/mol. The van der Waals surface area contributed by atoms with Gasteiger partial charge in [-0.15, -0.1) is 10.6 Å².